The van der Waals surface area contributed by atoms with E-state index in [0.717, 1.165) is 36.7 Å². The van der Waals surface area contributed by atoms with E-state index >= 15 is 0 Å². The fraction of sp³-hybridized carbons (Fsp3) is 0.625. The lowest BCUT2D eigenvalue weighted by atomic mass is 9.64. The largest absolute Gasteiger partial charge is 0.497 e. The number of hydrogen-bond acceptors (Lipinski definition) is 3. The quantitative estimate of drug-likeness (QED) is 0.902. The Morgan fingerprint density at radius 2 is 1.95 bits per heavy atom. The molecule has 104 valence electrons. The first-order valence-corrected chi connectivity index (χ1v) is 7.31. The van der Waals surface area contributed by atoms with Gasteiger partial charge >= 0.3 is 0 Å². The molecule has 2 heterocycles. The van der Waals surface area contributed by atoms with Gasteiger partial charge in [-0.15, -0.1) is 0 Å². The van der Waals surface area contributed by atoms with Gasteiger partial charge in [0.25, 0.3) is 0 Å². The van der Waals surface area contributed by atoms with E-state index in [0.29, 0.717) is 6.04 Å². The molecule has 1 unspecified atom stereocenters. The van der Waals surface area contributed by atoms with Gasteiger partial charge in [0.05, 0.1) is 7.11 Å². The highest BCUT2D eigenvalue weighted by Gasteiger charge is 2.47. The van der Waals surface area contributed by atoms with E-state index in [-0.39, 0.29) is 0 Å². The van der Waals surface area contributed by atoms with Gasteiger partial charge in [0.2, 0.25) is 0 Å². The van der Waals surface area contributed by atoms with Crippen LogP contribution in [0, 0.1) is 11.8 Å². The van der Waals surface area contributed by atoms with Gasteiger partial charge in [0, 0.05) is 25.2 Å². The smallest absolute Gasteiger partial charge is 0.118 e. The van der Waals surface area contributed by atoms with Crippen molar-refractivity contribution >= 4 is 0 Å². The van der Waals surface area contributed by atoms with Gasteiger partial charge in [0.15, 0.2) is 0 Å². The number of piperidine rings is 2. The van der Waals surface area contributed by atoms with Crippen LogP contribution in [0.3, 0.4) is 0 Å². The monoisotopic (exact) mass is 260 g/mol. The van der Waals surface area contributed by atoms with Crippen LogP contribution in [-0.2, 0) is 6.54 Å². The summed E-state index contributed by atoms with van der Waals surface area (Å²) in [5.41, 5.74) is 7.36. The Kier molecular flexibility index (Phi) is 3.50. The van der Waals surface area contributed by atoms with Crippen molar-refractivity contribution in [3.05, 3.63) is 29.8 Å². The van der Waals surface area contributed by atoms with Crippen LogP contribution in [0.25, 0.3) is 0 Å². The number of nitrogens with two attached hydrogens (primary N) is 1. The van der Waals surface area contributed by atoms with Crippen molar-refractivity contribution in [3.8, 4) is 5.75 Å². The number of hydrogen-bond donors (Lipinski definition) is 1. The van der Waals surface area contributed by atoms with Crippen molar-refractivity contribution < 1.29 is 4.74 Å². The first kappa shape index (κ1) is 12.9. The number of rotatable bonds is 4. The van der Waals surface area contributed by atoms with Crippen LogP contribution >= 0.6 is 0 Å². The molecule has 0 spiro atoms. The number of fused-ring (bicyclic) bond motifs is 2. The van der Waals surface area contributed by atoms with Crippen LogP contribution in [0.1, 0.15) is 25.3 Å². The zero-order valence-corrected chi connectivity index (χ0v) is 11.9. The minimum Gasteiger partial charge on any atom is -0.497 e. The van der Waals surface area contributed by atoms with E-state index in [9.17, 15) is 0 Å². The molecule has 0 radical (unpaired) electrons. The fourth-order valence-corrected chi connectivity index (χ4v) is 3.76. The van der Waals surface area contributed by atoms with Crippen LogP contribution in [0.2, 0.25) is 0 Å². The van der Waals surface area contributed by atoms with Gasteiger partial charge < -0.3 is 10.5 Å². The summed E-state index contributed by atoms with van der Waals surface area (Å²) in [5.74, 6) is 2.59. The summed E-state index contributed by atoms with van der Waals surface area (Å²) >= 11 is 0. The van der Waals surface area contributed by atoms with Crippen molar-refractivity contribution in [1.82, 2.24) is 4.90 Å². The van der Waals surface area contributed by atoms with Crippen LogP contribution in [0.15, 0.2) is 24.3 Å². The summed E-state index contributed by atoms with van der Waals surface area (Å²) in [4.78, 5) is 2.63. The Morgan fingerprint density at radius 3 is 2.53 bits per heavy atom. The van der Waals surface area contributed by atoms with Gasteiger partial charge in [-0.1, -0.05) is 19.1 Å². The lowest BCUT2D eigenvalue weighted by molar-refractivity contribution is -0.0760. The van der Waals surface area contributed by atoms with Gasteiger partial charge in [-0.2, -0.15) is 0 Å². The fourth-order valence-electron chi connectivity index (χ4n) is 3.76. The molecule has 1 aliphatic carbocycles. The van der Waals surface area contributed by atoms with E-state index in [1.165, 1.54) is 18.4 Å². The number of methoxy groups -OCH3 is 1. The third kappa shape index (κ3) is 2.26. The van der Waals surface area contributed by atoms with Crippen LogP contribution < -0.4 is 10.5 Å². The maximum Gasteiger partial charge on any atom is 0.118 e. The molecule has 4 rings (SSSR count). The van der Waals surface area contributed by atoms with Crippen LogP contribution in [-0.4, -0.2) is 30.6 Å². The number of ether oxygens (including phenoxy) is 1. The average molecular weight is 260 g/mol. The predicted octanol–water partition coefficient (Wildman–Crippen LogP) is 2.25. The zero-order chi connectivity index (χ0) is 13.4. The van der Waals surface area contributed by atoms with Crippen LogP contribution in [0.4, 0.5) is 0 Å². The van der Waals surface area contributed by atoms with Gasteiger partial charge in [-0.3, -0.25) is 4.90 Å². The highest BCUT2D eigenvalue weighted by atomic mass is 16.5. The van der Waals surface area contributed by atoms with E-state index in [4.69, 9.17) is 10.5 Å². The summed E-state index contributed by atoms with van der Waals surface area (Å²) in [6.45, 7) is 4.18. The lowest BCUT2D eigenvalue weighted by Crippen LogP contribution is -2.62. The average Bonchev–Trinajstić information content (AvgIpc) is 2.38. The van der Waals surface area contributed by atoms with Crippen molar-refractivity contribution in [2.45, 2.75) is 38.4 Å². The molecule has 3 heteroatoms. The molecule has 2 aliphatic heterocycles. The molecule has 1 aromatic rings. The molecule has 2 N–H and O–H groups in total. The molecule has 2 saturated heterocycles. The van der Waals surface area contributed by atoms with E-state index in [1.54, 1.807) is 7.11 Å². The molecule has 3 aliphatic rings. The molecule has 1 saturated carbocycles. The summed E-state index contributed by atoms with van der Waals surface area (Å²) in [5, 5.41) is 0. The van der Waals surface area contributed by atoms with Gasteiger partial charge in [-0.05, 0) is 42.4 Å². The third-order valence-electron chi connectivity index (χ3n) is 5.16. The van der Waals surface area contributed by atoms with E-state index in [1.807, 2.05) is 12.1 Å². The molecule has 3 fully saturated rings. The molecule has 2 bridgehead atoms. The Morgan fingerprint density at radius 1 is 1.26 bits per heavy atom. The molecular weight excluding hydrogens is 236 g/mol. The first-order chi connectivity index (χ1) is 9.22. The summed E-state index contributed by atoms with van der Waals surface area (Å²) in [7, 11) is 1.71. The SMILES string of the molecule is COc1ccc(CN2C3CC(C3)C(C)[C@H]2CN)cc1. The normalized spacial score (nSPS) is 33.8. The Labute approximate surface area is 115 Å². The zero-order valence-electron chi connectivity index (χ0n) is 11.9. The minimum atomic E-state index is 0.555. The van der Waals surface area contributed by atoms with Crippen LogP contribution in [0.5, 0.6) is 5.75 Å². The minimum absolute atomic E-state index is 0.555. The molecule has 3 nitrogen and oxygen atoms in total. The van der Waals surface area contributed by atoms with Crippen molar-refractivity contribution in [2.24, 2.45) is 17.6 Å². The number of nitrogens with zero attached hydrogens (tertiary/aromatic N) is 1. The summed E-state index contributed by atoms with van der Waals surface area (Å²) < 4.78 is 5.21. The molecule has 0 amide bonds. The van der Waals surface area contributed by atoms with E-state index < -0.39 is 0 Å². The molecule has 1 aromatic carbocycles. The highest BCUT2D eigenvalue weighted by Crippen LogP contribution is 2.46. The van der Waals surface area contributed by atoms with Gasteiger partial charge in [-0.25, -0.2) is 0 Å². The molecular formula is C16H24N2O. The van der Waals surface area contributed by atoms with Crippen molar-refractivity contribution in [2.75, 3.05) is 13.7 Å². The summed E-state index contributed by atoms with van der Waals surface area (Å²) in [6, 6.07) is 9.74. The molecule has 19 heavy (non-hydrogen) atoms. The second-order valence-corrected chi connectivity index (χ2v) is 6.07. The number of benzene rings is 1. The van der Waals surface area contributed by atoms with Crippen molar-refractivity contribution in [3.63, 3.8) is 0 Å². The Hall–Kier alpha value is -1.06. The van der Waals surface area contributed by atoms with Gasteiger partial charge in [0.1, 0.15) is 5.75 Å². The highest BCUT2D eigenvalue weighted by molar-refractivity contribution is 5.27. The lowest BCUT2D eigenvalue weighted by Gasteiger charge is -2.57. The standard InChI is InChI=1S/C16H24N2O/c1-11-13-7-14(8-13)18(16(11)9-17)10-12-3-5-15(19-2)6-4-12/h3-6,11,13-14,16H,7-10,17H2,1-2H3/t11?,13?,14?,16-/m1/s1. The topological polar surface area (TPSA) is 38.5 Å². The van der Waals surface area contributed by atoms with E-state index in [2.05, 4.69) is 24.0 Å². The predicted molar refractivity (Wildman–Crippen MR) is 77.1 cm³/mol. The second kappa shape index (κ2) is 5.14. The maximum atomic E-state index is 6.00. The summed E-state index contributed by atoms with van der Waals surface area (Å²) in [6.07, 6.45) is 2.74. The molecule has 2 atom stereocenters. The van der Waals surface area contributed by atoms with Crippen molar-refractivity contribution in [1.29, 1.82) is 0 Å². The Balaban J connectivity index is 1.73. The maximum absolute atomic E-state index is 6.00. The third-order valence-corrected chi connectivity index (χ3v) is 5.16. The second-order valence-electron chi connectivity index (χ2n) is 6.07. The Bertz CT molecular complexity index is 425. The first-order valence-electron chi connectivity index (χ1n) is 7.31. The molecule has 0 aromatic heterocycles.